The van der Waals surface area contributed by atoms with E-state index in [2.05, 4.69) is 0 Å². The summed E-state index contributed by atoms with van der Waals surface area (Å²) in [5.74, 6) is -0.756. The first-order valence-electron chi connectivity index (χ1n) is 5.01. The molecule has 0 radical (unpaired) electrons. The summed E-state index contributed by atoms with van der Waals surface area (Å²) in [6, 6.07) is -0.293. The predicted octanol–water partition coefficient (Wildman–Crippen LogP) is -1.18. The van der Waals surface area contributed by atoms with Crippen molar-refractivity contribution < 1.29 is 19.7 Å². The van der Waals surface area contributed by atoms with Gasteiger partial charge in [0.2, 0.25) is 0 Å². The van der Waals surface area contributed by atoms with E-state index >= 15 is 0 Å². The SMILES string of the molecule is CCC1C2OC1(CO)OC(CO)C2N. The molecule has 3 saturated heterocycles. The number of nitrogens with two attached hydrogens (primary N) is 1. The molecule has 4 N–H and O–H groups in total. The monoisotopic (exact) mass is 203 g/mol. The van der Waals surface area contributed by atoms with Crippen LogP contribution in [-0.4, -0.2) is 47.5 Å². The third kappa shape index (κ3) is 1.14. The maximum atomic E-state index is 9.22. The number of aliphatic hydroxyl groups is 2. The van der Waals surface area contributed by atoms with Crippen LogP contribution >= 0.6 is 0 Å². The molecule has 3 fully saturated rings. The van der Waals surface area contributed by atoms with E-state index in [-0.39, 0.29) is 31.3 Å². The molecular weight excluding hydrogens is 186 g/mol. The van der Waals surface area contributed by atoms with Gasteiger partial charge in [-0.25, -0.2) is 0 Å². The third-order valence-electron chi connectivity index (χ3n) is 3.30. The topological polar surface area (TPSA) is 84.9 Å². The predicted molar refractivity (Wildman–Crippen MR) is 48.4 cm³/mol. The molecule has 3 rings (SSSR count). The summed E-state index contributed by atoms with van der Waals surface area (Å²) >= 11 is 0. The Labute approximate surface area is 82.8 Å². The molecule has 3 heterocycles. The molecule has 14 heavy (non-hydrogen) atoms. The van der Waals surface area contributed by atoms with Crippen molar-refractivity contribution in [1.82, 2.24) is 0 Å². The van der Waals surface area contributed by atoms with E-state index in [1.165, 1.54) is 0 Å². The minimum absolute atomic E-state index is 0.0851. The van der Waals surface area contributed by atoms with Gasteiger partial charge in [0.15, 0.2) is 5.79 Å². The maximum Gasteiger partial charge on any atom is 0.197 e. The number of hydrogen-bond acceptors (Lipinski definition) is 5. The summed E-state index contributed by atoms with van der Waals surface area (Å²) in [4.78, 5) is 0. The van der Waals surface area contributed by atoms with Crippen LogP contribution in [0, 0.1) is 5.92 Å². The molecule has 0 aromatic rings. The largest absolute Gasteiger partial charge is 0.394 e. The summed E-state index contributed by atoms with van der Waals surface area (Å²) in [5, 5.41) is 18.2. The van der Waals surface area contributed by atoms with Crippen LogP contribution in [0.1, 0.15) is 13.3 Å². The highest BCUT2D eigenvalue weighted by Gasteiger charge is 2.63. The number of rotatable bonds is 3. The van der Waals surface area contributed by atoms with E-state index in [4.69, 9.17) is 20.3 Å². The van der Waals surface area contributed by atoms with E-state index in [9.17, 15) is 5.11 Å². The molecule has 0 saturated carbocycles. The fourth-order valence-corrected chi connectivity index (χ4v) is 2.48. The average Bonchev–Trinajstić information content (AvgIpc) is 2.18. The van der Waals surface area contributed by atoms with Gasteiger partial charge in [-0.1, -0.05) is 6.92 Å². The first-order chi connectivity index (χ1) is 6.68. The first-order valence-corrected chi connectivity index (χ1v) is 5.01. The summed E-state index contributed by atoms with van der Waals surface area (Å²) in [6.07, 6.45) is 0.360. The lowest BCUT2D eigenvalue weighted by Gasteiger charge is -2.61. The Balaban J connectivity index is 2.14. The highest BCUT2D eigenvalue weighted by molar-refractivity contribution is 5.06. The maximum absolute atomic E-state index is 9.22. The molecule has 0 aromatic carbocycles. The molecule has 5 atom stereocenters. The molecule has 2 bridgehead atoms. The van der Waals surface area contributed by atoms with Gasteiger partial charge in [-0.2, -0.15) is 0 Å². The fraction of sp³-hybridized carbons (Fsp3) is 1.00. The smallest absolute Gasteiger partial charge is 0.197 e. The summed E-state index contributed by atoms with van der Waals surface area (Å²) < 4.78 is 11.0. The average molecular weight is 203 g/mol. The number of aliphatic hydroxyl groups excluding tert-OH is 2. The molecule has 5 heteroatoms. The second-order valence-electron chi connectivity index (χ2n) is 3.98. The van der Waals surface area contributed by atoms with E-state index in [0.717, 1.165) is 6.42 Å². The van der Waals surface area contributed by atoms with Gasteiger partial charge in [-0.3, -0.25) is 0 Å². The summed E-state index contributed by atoms with van der Waals surface area (Å²) in [5.41, 5.74) is 5.86. The van der Waals surface area contributed by atoms with Crippen molar-refractivity contribution in [1.29, 1.82) is 0 Å². The minimum Gasteiger partial charge on any atom is -0.394 e. The molecule has 3 aliphatic rings. The van der Waals surface area contributed by atoms with Crippen molar-refractivity contribution in [3.05, 3.63) is 0 Å². The number of hydrogen-bond donors (Lipinski definition) is 3. The molecule has 0 aliphatic carbocycles. The Morgan fingerprint density at radius 1 is 1.36 bits per heavy atom. The van der Waals surface area contributed by atoms with Crippen LogP contribution in [0.15, 0.2) is 0 Å². The zero-order valence-corrected chi connectivity index (χ0v) is 8.22. The Morgan fingerprint density at radius 3 is 2.57 bits per heavy atom. The Morgan fingerprint density at radius 2 is 2.07 bits per heavy atom. The zero-order valence-electron chi connectivity index (χ0n) is 8.22. The molecule has 0 spiro atoms. The lowest BCUT2D eigenvalue weighted by Crippen LogP contribution is -2.77. The standard InChI is InChI=1S/C9H17NO4/c1-2-5-8-7(10)6(3-11)13-9(5,4-12)14-8/h5-8,11-12H,2-4,10H2,1H3. The van der Waals surface area contributed by atoms with E-state index in [1.54, 1.807) is 0 Å². The molecule has 0 amide bonds. The van der Waals surface area contributed by atoms with Crippen molar-refractivity contribution in [2.45, 2.75) is 37.4 Å². The molecule has 3 aliphatic heterocycles. The van der Waals surface area contributed by atoms with Crippen LogP contribution in [0.3, 0.4) is 0 Å². The summed E-state index contributed by atoms with van der Waals surface area (Å²) in [6.45, 7) is 1.71. The van der Waals surface area contributed by atoms with Crippen LogP contribution in [0.5, 0.6) is 0 Å². The molecular formula is C9H17NO4. The normalized spacial score (nSPS) is 51.4. The molecule has 5 nitrogen and oxygen atoms in total. The summed E-state index contributed by atoms with van der Waals surface area (Å²) in [7, 11) is 0. The second kappa shape index (κ2) is 3.43. The van der Waals surface area contributed by atoms with Gasteiger partial charge in [0.1, 0.15) is 6.10 Å². The van der Waals surface area contributed by atoms with E-state index < -0.39 is 11.9 Å². The van der Waals surface area contributed by atoms with Crippen molar-refractivity contribution in [2.75, 3.05) is 13.2 Å². The fourth-order valence-electron chi connectivity index (χ4n) is 2.48. The van der Waals surface area contributed by atoms with Crippen LogP contribution < -0.4 is 5.73 Å². The van der Waals surface area contributed by atoms with E-state index in [1.807, 2.05) is 6.92 Å². The second-order valence-corrected chi connectivity index (χ2v) is 3.98. The van der Waals surface area contributed by atoms with E-state index in [0.29, 0.717) is 0 Å². The number of ether oxygens (including phenoxy) is 2. The minimum atomic E-state index is -0.900. The number of fused-ring (bicyclic) bond motifs is 2. The van der Waals surface area contributed by atoms with Crippen molar-refractivity contribution >= 4 is 0 Å². The Hall–Kier alpha value is -0.200. The van der Waals surface area contributed by atoms with Gasteiger partial charge < -0.3 is 25.4 Å². The van der Waals surface area contributed by atoms with Gasteiger partial charge in [0.05, 0.1) is 25.4 Å². The third-order valence-corrected chi connectivity index (χ3v) is 3.30. The van der Waals surface area contributed by atoms with Crippen LogP contribution in [0.25, 0.3) is 0 Å². The Kier molecular flexibility index (Phi) is 2.53. The zero-order chi connectivity index (χ0) is 10.3. The van der Waals surface area contributed by atoms with Gasteiger partial charge in [0.25, 0.3) is 0 Å². The van der Waals surface area contributed by atoms with Crippen molar-refractivity contribution in [3.63, 3.8) is 0 Å². The molecule has 5 unspecified atom stereocenters. The lowest BCUT2D eigenvalue weighted by molar-refractivity contribution is -0.448. The first kappa shape index (κ1) is 10.3. The van der Waals surface area contributed by atoms with Crippen LogP contribution in [-0.2, 0) is 9.47 Å². The van der Waals surface area contributed by atoms with Gasteiger partial charge in [-0.05, 0) is 6.42 Å². The van der Waals surface area contributed by atoms with Crippen molar-refractivity contribution in [2.24, 2.45) is 11.7 Å². The van der Waals surface area contributed by atoms with Crippen LogP contribution in [0.2, 0.25) is 0 Å². The van der Waals surface area contributed by atoms with Crippen LogP contribution in [0.4, 0.5) is 0 Å². The molecule has 82 valence electrons. The van der Waals surface area contributed by atoms with Gasteiger partial charge in [0, 0.05) is 5.92 Å². The highest BCUT2D eigenvalue weighted by Crippen LogP contribution is 2.48. The van der Waals surface area contributed by atoms with Gasteiger partial charge >= 0.3 is 0 Å². The Bertz CT molecular complexity index is 225. The molecule has 0 aromatic heterocycles. The van der Waals surface area contributed by atoms with Crippen molar-refractivity contribution in [3.8, 4) is 0 Å². The lowest BCUT2D eigenvalue weighted by atomic mass is 9.76. The highest BCUT2D eigenvalue weighted by atomic mass is 16.8. The van der Waals surface area contributed by atoms with Gasteiger partial charge in [-0.15, -0.1) is 0 Å². The quantitative estimate of drug-likeness (QED) is 0.537.